The van der Waals surface area contributed by atoms with E-state index in [1.54, 1.807) is 0 Å². The van der Waals surface area contributed by atoms with Gasteiger partial charge in [-0.2, -0.15) is 0 Å². The minimum Gasteiger partial charge on any atom is -0.358 e. The zero-order chi connectivity index (χ0) is 14.4. The highest BCUT2D eigenvalue weighted by molar-refractivity contribution is 5.85. The standard InChI is InChI=1S/C19H27N/c1-4-7-8-14-18-19(15(6-3)11-5-2)16-12-9-10-13-17(16)20-18/h6,9-10,12-13,15,20H,3-5,7-8,11,14H2,1-2H3. The van der Waals surface area contributed by atoms with Crippen LogP contribution < -0.4 is 0 Å². The lowest BCUT2D eigenvalue weighted by molar-refractivity contribution is 0.683. The second-order valence-electron chi connectivity index (χ2n) is 5.65. The van der Waals surface area contributed by atoms with Crippen LogP contribution in [0.3, 0.4) is 0 Å². The molecule has 0 saturated carbocycles. The molecule has 0 spiro atoms. The topological polar surface area (TPSA) is 15.8 Å². The van der Waals surface area contributed by atoms with Gasteiger partial charge in [0, 0.05) is 22.5 Å². The summed E-state index contributed by atoms with van der Waals surface area (Å²) in [7, 11) is 0. The Balaban J connectivity index is 2.40. The van der Waals surface area contributed by atoms with Crippen molar-refractivity contribution in [2.45, 2.75) is 58.3 Å². The van der Waals surface area contributed by atoms with Crippen LogP contribution in [0.2, 0.25) is 0 Å². The quantitative estimate of drug-likeness (QED) is 0.449. The van der Waals surface area contributed by atoms with Crippen molar-refractivity contribution < 1.29 is 0 Å². The first kappa shape index (κ1) is 14.9. The number of aryl methyl sites for hydroxylation is 1. The average molecular weight is 269 g/mol. The number of aromatic nitrogens is 1. The van der Waals surface area contributed by atoms with E-state index in [0.717, 1.165) is 6.42 Å². The Kier molecular flexibility index (Phi) is 5.46. The maximum atomic E-state index is 4.07. The van der Waals surface area contributed by atoms with Gasteiger partial charge in [-0.25, -0.2) is 0 Å². The Morgan fingerprint density at radius 2 is 1.95 bits per heavy atom. The van der Waals surface area contributed by atoms with Crippen molar-refractivity contribution in [1.29, 1.82) is 0 Å². The molecule has 2 rings (SSSR count). The minimum atomic E-state index is 0.479. The smallest absolute Gasteiger partial charge is 0.0459 e. The number of H-pyrrole nitrogens is 1. The predicted molar refractivity (Wildman–Crippen MR) is 89.4 cm³/mol. The molecule has 108 valence electrons. The summed E-state index contributed by atoms with van der Waals surface area (Å²) in [5.41, 5.74) is 4.20. The predicted octanol–water partition coefficient (Wildman–Crippen LogP) is 5.97. The first-order valence-electron chi connectivity index (χ1n) is 8.03. The van der Waals surface area contributed by atoms with Crippen LogP contribution in [-0.2, 0) is 6.42 Å². The van der Waals surface area contributed by atoms with Crippen LogP contribution in [0.5, 0.6) is 0 Å². The van der Waals surface area contributed by atoms with E-state index in [0.29, 0.717) is 5.92 Å². The number of nitrogens with one attached hydrogen (secondary N) is 1. The van der Waals surface area contributed by atoms with Gasteiger partial charge in [-0.15, -0.1) is 6.58 Å². The van der Waals surface area contributed by atoms with Crippen molar-refractivity contribution in [2.75, 3.05) is 0 Å². The molecule has 1 heteroatoms. The van der Waals surface area contributed by atoms with Crippen LogP contribution in [0.1, 0.15) is 63.1 Å². The molecule has 20 heavy (non-hydrogen) atoms. The van der Waals surface area contributed by atoms with Crippen molar-refractivity contribution in [3.63, 3.8) is 0 Å². The third-order valence-corrected chi connectivity index (χ3v) is 4.11. The summed E-state index contributed by atoms with van der Waals surface area (Å²) in [4.78, 5) is 3.65. The van der Waals surface area contributed by atoms with Crippen molar-refractivity contribution in [2.24, 2.45) is 0 Å². The van der Waals surface area contributed by atoms with Crippen LogP contribution in [0.4, 0.5) is 0 Å². The average Bonchev–Trinajstić information content (AvgIpc) is 2.83. The Morgan fingerprint density at radius 1 is 1.15 bits per heavy atom. The molecule has 1 N–H and O–H groups in total. The summed E-state index contributed by atoms with van der Waals surface area (Å²) in [6, 6.07) is 8.69. The van der Waals surface area contributed by atoms with Gasteiger partial charge in [0.15, 0.2) is 0 Å². The minimum absolute atomic E-state index is 0.479. The van der Waals surface area contributed by atoms with Gasteiger partial charge in [-0.3, -0.25) is 0 Å². The molecule has 1 unspecified atom stereocenters. The maximum absolute atomic E-state index is 4.07. The van der Waals surface area contributed by atoms with Gasteiger partial charge in [0.2, 0.25) is 0 Å². The molecule has 0 aliphatic heterocycles. The summed E-state index contributed by atoms with van der Waals surface area (Å²) in [6.07, 6.45) is 9.52. The van der Waals surface area contributed by atoms with Crippen molar-refractivity contribution in [1.82, 2.24) is 4.98 Å². The van der Waals surface area contributed by atoms with Crippen LogP contribution in [-0.4, -0.2) is 4.98 Å². The third-order valence-electron chi connectivity index (χ3n) is 4.11. The molecular formula is C19H27N. The van der Waals surface area contributed by atoms with Gasteiger partial charge in [0.1, 0.15) is 0 Å². The van der Waals surface area contributed by atoms with Gasteiger partial charge < -0.3 is 4.98 Å². The number of unbranched alkanes of at least 4 members (excludes halogenated alkanes) is 2. The molecule has 1 aromatic carbocycles. The molecule has 0 saturated heterocycles. The number of hydrogen-bond donors (Lipinski definition) is 1. The van der Waals surface area contributed by atoms with Gasteiger partial charge in [0.05, 0.1) is 0 Å². The molecule has 0 radical (unpaired) electrons. The first-order chi connectivity index (χ1) is 9.81. The summed E-state index contributed by atoms with van der Waals surface area (Å²) < 4.78 is 0. The second kappa shape index (κ2) is 7.33. The number of allylic oxidation sites excluding steroid dienone is 1. The number of benzene rings is 1. The van der Waals surface area contributed by atoms with Crippen molar-refractivity contribution in [3.8, 4) is 0 Å². The summed E-state index contributed by atoms with van der Waals surface area (Å²) >= 11 is 0. The lowest BCUT2D eigenvalue weighted by Crippen LogP contribution is -1.99. The molecule has 1 nitrogen and oxygen atoms in total. The molecule has 0 aliphatic carbocycles. The molecule has 0 aliphatic rings. The number of aromatic amines is 1. The van der Waals surface area contributed by atoms with E-state index in [2.05, 4.69) is 55.8 Å². The molecule has 1 heterocycles. The fourth-order valence-corrected chi connectivity index (χ4v) is 3.08. The fraction of sp³-hybridized carbons (Fsp3) is 0.474. The summed E-state index contributed by atoms with van der Waals surface area (Å²) in [5.74, 6) is 0.479. The molecule has 1 atom stereocenters. The zero-order valence-electron chi connectivity index (χ0n) is 12.9. The molecule has 2 aromatic rings. The Labute approximate surface area is 123 Å². The van der Waals surface area contributed by atoms with Crippen LogP contribution in [0, 0.1) is 0 Å². The largest absolute Gasteiger partial charge is 0.358 e. The third kappa shape index (κ3) is 3.15. The van der Waals surface area contributed by atoms with Gasteiger partial charge in [-0.1, -0.05) is 57.4 Å². The summed E-state index contributed by atoms with van der Waals surface area (Å²) in [6.45, 7) is 8.58. The Hall–Kier alpha value is -1.50. The van der Waals surface area contributed by atoms with Crippen molar-refractivity contribution >= 4 is 10.9 Å². The lowest BCUT2D eigenvalue weighted by atomic mass is 9.90. The highest BCUT2D eigenvalue weighted by atomic mass is 14.7. The van der Waals surface area contributed by atoms with Gasteiger partial charge in [-0.05, 0) is 30.9 Å². The lowest BCUT2D eigenvalue weighted by Gasteiger charge is -2.13. The van der Waals surface area contributed by atoms with E-state index < -0.39 is 0 Å². The highest BCUT2D eigenvalue weighted by Crippen LogP contribution is 2.33. The fourth-order valence-electron chi connectivity index (χ4n) is 3.08. The van der Waals surface area contributed by atoms with Crippen LogP contribution in [0.25, 0.3) is 10.9 Å². The molecule has 0 bridgehead atoms. The van der Waals surface area contributed by atoms with E-state index >= 15 is 0 Å². The van der Waals surface area contributed by atoms with Gasteiger partial charge in [0.25, 0.3) is 0 Å². The Bertz CT molecular complexity index is 550. The van der Waals surface area contributed by atoms with E-state index in [1.165, 1.54) is 54.3 Å². The Morgan fingerprint density at radius 3 is 2.65 bits per heavy atom. The highest BCUT2D eigenvalue weighted by Gasteiger charge is 2.17. The van der Waals surface area contributed by atoms with Crippen molar-refractivity contribution in [3.05, 3.63) is 48.2 Å². The molecule has 0 amide bonds. The van der Waals surface area contributed by atoms with Gasteiger partial charge >= 0.3 is 0 Å². The number of para-hydroxylation sites is 1. The van der Waals surface area contributed by atoms with Crippen LogP contribution >= 0.6 is 0 Å². The van der Waals surface area contributed by atoms with E-state index in [4.69, 9.17) is 0 Å². The summed E-state index contributed by atoms with van der Waals surface area (Å²) in [5, 5.41) is 1.39. The normalized spacial score (nSPS) is 12.7. The number of rotatable bonds is 8. The first-order valence-corrected chi connectivity index (χ1v) is 8.03. The van der Waals surface area contributed by atoms with E-state index in [1.807, 2.05) is 0 Å². The molecular weight excluding hydrogens is 242 g/mol. The SMILES string of the molecule is C=CC(CCC)c1c(CCCCC)[nH]c2ccccc12. The number of fused-ring (bicyclic) bond motifs is 1. The maximum Gasteiger partial charge on any atom is 0.0459 e. The molecule has 1 aromatic heterocycles. The van der Waals surface area contributed by atoms with E-state index in [9.17, 15) is 0 Å². The van der Waals surface area contributed by atoms with E-state index in [-0.39, 0.29) is 0 Å². The monoisotopic (exact) mass is 269 g/mol. The number of hydrogen-bond acceptors (Lipinski definition) is 0. The second-order valence-corrected chi connectivity index (χ2v) is 5.65. The van der Waals surface area contributed by atoms with Crippen LogP contribution in [0.15, 0.2) is 36.9 Å². The zero-order valence-corrected chi connectivity index (χ0v) is 12.9. The molecule has 0 fully saturated rings.